The van der Waals surface area contributed by atoms with Crippen LogP contribution in [-0.4, -0.2) is 104 Å². The van der Waals surface area contributed by atoms with E-state index in [-0.39, 0.29) is 55.8 Å². The lowest BCUT2D eigenvalue weighted by Crippen LogP contribution is -2.48. The number of carbonyl (C=O) groups is 6. The molecule has 2 atom stereocenters. The number of nitrogens with one attached hydrogen (secondary N) is 1. The Bertz CT molecular complexity index is 1980. The van der Waals surface area contributed by atoms with E-state index in [1.807, 2.05) is 51.1 Å². The first-order chi connectivity index (χ1) is 27.6. The number of aliphatic hydroxyl groups excluding tert-OH is 1. The molecule has 1 aromatic heterocycles. The van der Waals surface area contributed by atoms with Gasteiger partial charge in [0.1, 0.15) is 23.9 Å². The van der Waals surface area contributed by atoms with Gasteiger partial charge in [-0.3, -0.25) is 28.9 Å². The van der Waals surface area contributed by atoms with Gasteiger partial charge in [0.2, 0.25) is 11.8 Å². The van der Waals surface area contributed by atoms with E-state index in [0.717, 1.165) is 28.7 Å². The maximum absolute atomic E-state index is 14.9. The number of nitrogens with two attached hydrogens (primary N) is 1. The third-order valence-electron chi connectivity index (χ3n) is 9.02. The average Bonchev–Trinajstić information content (AvgIpc) is 3.72. The largest absolute Gasteiger partial charge is 0.490 e. The number of aliphatic carboxylic acids is 1. The number of benzene rings is 2. The lowest BCUT2D eigenvalue weighted by atomic mass is 9.81. The third-order valence-corrected chi connectivity index (χ3v) is 9.02. The van der Waals surface area contributed by atoms with Crippen molar-refractivity contribution in [3.63, 3.8) is 0 Å². The molecule has 59 heavy (non-hydrogen) atoms. The minimum absolute atomic E-state index is 0.0195. The van der Waals surface area contributed by atoms with E-state index in [4.69, 9.17) is 20.7 Å². The van der Waals surface area contributed by atoms with Gasteiger partial charge in [-0.1, -0.05) is 57.5 Å². The summed E-state index contributed by atoms with van der Waals surface area (Å²) in [5.41, 5.74) is 7.36. The van der Waals surface area contributed by atoms with Crippen molar-refractivity contribution in [2.75, 3.05) is 26.2 Å². The third kappa shape index (κ3) is 14.2. The van der Waals surface area contributed by atoms with Crippen molar-refractivity contribution < 1.29 is 60.9 Å². The summed E-state index contributed by atoms with van der Waals surface area (Å²) in [5, 5.41) is 24.4. The van der Waals surface area contributed by atoms with Crippen LogP contribution in [0.5, 0.6) is 0 Å². The van der Waals surface area contributed by atoms with E-state index < -0.39 is 59.7 Å². The molecule has 0 spiro atoms. The van der Waals surface area contributed by atoms with Gasteiger partial charge in [0.15, 0.2) is 5.78 Å². The molecule has 1 aliphatic heterocycles. The summed E-state index contributed by atoms with van der Waals surface area (Å²) < 4.78 is 62.2. The molecule has 5 N–H and O–H groups in total. The molecule has 4 amide bonds. The molecule has 0 fully saturated rings. The van der Waals surface area contributed by atoms with Crippen molar-refractivity contribution in [3.8, 4) is 5.69 Å². The van der Waals surface area contributed by atoms with Crippen molar-refractivity contribution >= 4 is 35.4 Å². The van der Waals surface area contributed by atoms with Crippen LogP contribution in [0.15, 0.2) is 66.9 Å². The van der Waals surface area contributed by atoms with Gasteiger partial charge in [0.05, 0.1) is 24.3 Å². The predicted molar refractivity (Wildman–Crippen MR) is 202 cm³/mol. The zero-order chi connectivity index (χ0) is 44.1. The van der Waals surface area contributed by atoms with Crippen molar-refractivity contribution in [1.82, 2.24) is 24.9 Å². The molecule has 0 aliphatic carbocycles. The van der Waals surface area contributed by atoms with Gasteiger partial charge < -0.3 is 26.2 Å². The SMILES string of the molecule is CC(C)(C)[C@H](c1nn(-c2cc(F)ccc2F)cc1Cc1ccccc1)N(CC[C@H](N)C(=O)NCC(=O)CCCCCN1C(=O)C=CC1=O)C(=O)CO.O=C(O)C(F)(F)F. The van der Waals surface area contributed by atoms with Crippen LogP contribution >= 0.6 is 0 Å². The number of imide groups is 1. The Hall–Kier alpha value is -5.82. The van der Waals surface area contributed by atoms with Crippen LogP contribution in [0.1, 0.15) is 75.7 Å². The van der Waals surface area contributed by atoms with Crippen LogP contribution in [0.4, 0.5) is 22.0 Å². The summed E-state index contributed by atoms with van der Waals surface area (Å²) >= 11 is 0. The molecule has 4 rings (SSSR count). The Kier molecular flexibility index (Phi) is 17.1. The number of aromatic nitrogens is 2. The van der Waals surface area contributed by atoms with Gasteiger partial charge in [0.25, 0.3) is 11.8 Å². The zero-order valence-electron chi connectivity index (χ0n) is 32.7. The maximum atomic E-state index is 14.9. The number of nitrogens with zero attached hydrogens (tertiary/aromatic N) is 4. The number of carboxylic acid groups (broad SMARTS) is 1. The molecule has 2 aromatic carbocycles. The molecular formula is C40H47F5N6O8. The molecule has 19 heteroatoms. The number of hydrogen-bond acceptors (Lipinski definition) is 9. The molecule has 1 aliphatic rings. The molecule has 0 saturated carbocycles. The second-order valence-corrected chi connectivity index (χ2v) is 14.7. The fraction of sp³-hybridized carbons (Fsp3) is 0.425. The van der Waals surface area contributed by atoms with E-state index in [2.05, 4.69) is 5.32 Å². The molecule has 14 nitrogen and oxygen atoms in total. The Morgan fingerprint density at radius 2 is 1.58 bits per heavy atom. The van der Waals surface area contributed by atoms with Gasteiger partial charge >= 0.3 is 12.1 Å². The van der Waals surface area contributed by atoms with Crippen LogP contribution < -0.4 is 11.1 Å². The van der Waals surface area contributed by atoms with Crippen LogP contribution in [0, 0.1) is 17.0 Å². The minimum Gasteiger partial charge on any atom is -0.475 e. The number of ketones is 1. The molecule has 320 valence electrons. The van der Waals surface area contributed by atoms with Crippen LogP contribution in [0.3, 0.4) is 0 Å². The van der Waals surface area contributed by atoms with Crippen LogP contribution in [-0.2, 0) is 35.2 Å². The number of carbonyl (C=O) groups excluding carboxylic acids is 5. The number of amides is 4. The lowest BCUT2D eigenvalue weighted by Gasteiger charge is -2.40. The van der Waals surface area contributed by atoms with E-state index in [1.165, 1.54) is 21.7 Å². The Morgan fingerprint density at radius 1 is 0.949 bits per heavy atom. The van der Waals surface area contributed by atoms with Gasteiger partial charge in [-0.2, -0.15) is 18.3 Å². The number of halogens is 5. The van der Waals surface area contributed by atoms with Gasteiger partial charge in [-0.25, -0.2) is 18.3 Å². The molecule has 0 radical (unpaired) electrons. The molecule has 0 saturated heterocycles. The Balaban J connectivity index is 0.00000122. The highest BCUT2D eigenvalue weighted by atomic mass is 19.4. The van der Waals surface area contributed by atoms with E-state index >= 15 is 0 Å². The molecular weight excluding hydrogens is 787 g/mol. The lowest BCUT2D eigenvalue weighted by molar-refractivity contribution is -0.192. The van der Waals surface area contributed by atoms with Crippen LogP contribution in [0.25, 0.3) is 5.69 Å². The van der Waals surface area contributed by atoms with Crippen LogP contribution in [0.2, 0.25) is 0 Å². The highest BCUT2D eigenvalue weighted by Gasteiger charge is 2.39. The normalized spacial score (nSPS) is 13.8. The molecule has 0 bridgehead atoms. The number of hydrogen-bond donors (Lipinski definition) is 4. The number of aliphatic hydroxyl groups is 1. The Morgan fingerprint density at radius 3 is 2.15 bits per heavy atom. The fourth-order valence-electron chi connectivity index (χ4n) is 6.14. The number of alkyl halides is 3. The van der Waals surface area contributed by atoms with Gasteiger partial charge in [-0.15, -0.1) is 0 Å². The van der Waals surface area contributed by atoms with E-state index in [1.54, 1.807) is 6.20 Å². The highest BCUT2D eigenvalue weighted by Crippen LogP contribution is 2.40. The monoisotopic (exact) mass is 834 g/mol. The van der Waals surface area contributed by atoms with Gasteiger partial charge in [0, 0.05) is 55.9 Å². The van der Waals surface area contributed by atoms with Crippen molar-refractivity contribution in [2.24, 2.45) is 11.1 Å². The molecule has 3 aromatic rings. The highest BCUT2D eigenvalue weighted by molar-refractivity contribution is 6.12. The molecule has 0 unspecified atom stereocenters. The number of carboxylic acids is 1. The first kappa shape index (κ1) is 47.6. The first-order valence-electron chi connectivity index (χ1n) is 18.5. The zero-order valence-corrected chi connectivity index (χ0v) is 32.7. The first-order valence-corrected chi connectivity index (χ1v) is 18.5. The number of rotatable bonds is 18. The summed E-state index contributed by atoms with van der Waals surface area (Å²) in [6.45, 7) is 4.78. The van der Waals surface area contributed by atoms with Gasteiger partial charge in [-0.05, 0) is 42.4 Å². The number of unbranched alkanes of at least 4 members (excludes halogenated alkanes) is 2. The quantitative estimate of drug-likeness (QED) is 0.0818. The second kappa shape index (κ2) is 21.3. The van der Waals surface area contributed by atoms with E-state index in [9.17, 15) is 51.0 Å². The smallest absolute Gasteiger partial charge is 0.475 e. The summed E-state index contributed by atoms with van der Waals surface area (Å²) in [6.07, 6.45) is 1.18. The van der Waals surface area contributed by atoms with Crippen molar-refractivity contribution in [1.29, 1.82) is 0 Å². The Labute approximate surface area is 336 Å². The summed E-state index contributed by atoms with van der Waals surface area (Å²) in [7, 11) is 0. The average molecular weight is 835 g/mol. The second-order valence-electron chi connectivity index (χ2n) is 14.7. The number of Topliss-reactive ketones (excluding diaryl/α,β-unsaturated/α-hetero) is 1. The topological polar surface area (TPSA) is 205 Å². The van der Waals surface area contributed by atoms with E-state index in [0.29, 0.717) is 36.9 Å². The molecule has 2 heterocycles. The summed E-state index contributed by atoms with van der Waals surface area (Å²) in [4.78, 5) is 73.4. The maximum Gasteiger partial charge on any atom is 0.490 e. The van der Waals surface area contributed by atoms with Crippen molar-refractivity contribution in [2.45, 2.75) is 77.6 Å². The predicted octanol–water partition coefficient (Wildman–Crippen LogP) is 4.17. The summed E-state index contributed by atoms with van der Waals surface area (Å²) in [6, 6.07) is 10.6. The standard InChI is InChI=1S/C38H46F2N6O6.C2HF3O2/c1-38(2,3)36(35-26(20-25-10-6-4-7-11-25)23-46(43-35)31-21-27(39)13-14-29(31)40)45(34(51)24-47)19-17-30(41)37(52)42-22-28(48)12-8-5-9-18-44-32(49)15-16-33(44)50;3-2(4,5)1(6)7/h4,6-7,10-11,13-16,21,23,30,36,47H,5,8-9,12,17-20,22,24,41H2,1-3H3,(H,42,52);(H,6,7)/t30-,36-;/m0./s1. The van der Waals surface area contributed by atoms with Crippen molar-refractivity contribution in [3.05, 3.63) is 95.3 Å². The fourth-order valence-corrected chi connectivity index (χ4v) is 6.14. The minimum atomic E-state index is -5.08. The summed E-state index contributed by atoms with van der Waals surface area (Å²) in [5.74, 6) is -6.25.